The zero-order valence-corrected chi connectivity index (χ0v) is 13.0. The normalized spacial score (nSPS) is 26.4. The fourth-order valence-corrected chi connectivity index (χ4v) is 4.79. The van der Waals surface area contributed by atoms with Crippen LogP contribution in [0.15, 0.2) is 30.3 Å². The Bertz CT molecular complexity index is 530. The van der Waals surface area contributed by atoms with E-state index in [1.807, 2.05) is 44.2 Å². The molecule has 20 heavy (non-hydrogen) atoms. The van der Waals surface area contributed by atoms with E-state index in [2.05, 4.69) is 0 Å². The van der Waals surface area contributed by atoms with Crippen LogP contribution in [0.3, 0.4) is 0 Å². The lowest BCUT2D eigenvalue weighted by molar-refractivity contribution is 0.192. The highest BCUT2D eigenvalue weighted by molar-refractivity contribution is 7.89. The van der Waals surface area contributed by atoms with Crippen LogP contribution in [-0.4, -0.2) is 31.2 Å². The lowest BCUT2D eigenvalue weighted by Gasteiger charge is -2.37. The molecule has 0 spiro atoms. The first-order chi connectivity index (χ1) is 9.42. The Morgan fingerprint density at radius 3 is 2.65 bits per heavy atom. The van der Waals surface area contributed by atoms with Gasteiger partial charge in [0.1, 0.15) is 0 Å². The van der Waals surface area contributed by atoms with Gasteiger partial charge in [0.25, 0.3) is 0 Å². The standard InChI is InChI=1S/C15H24N2O2S/c1-12-7-6-10-17(15(12)16)20(18,19)11-13(2)14-8-4-3-5-9-14/h3-5,8-9,12-13,15H,6-7,10-11,16H2,1-2H3. The van der Waals surface area contributed by atoms with Crippen LogP contribution in [0.25, 0.3) is 0 Å². The Labute approximate surface area is 122 Å². The molecule has 0 aromatic heterocycles. The molecule has 2 rings (SSSR count). The Hall–Kier alpha value is -0.910. The molecule has 1 fully saturated rings. The fraction of sp³-hybridized carbons (Fsp3) is 0.600. The van der Waals surface area contributed by atoms with E-state index in [4.69, 9.17) is 5.73 Å². The van der Waals surface area contributed by atoms with Crippen LogP contribution in [0, 0.1) is 5.92 Å². The second-order valence-electron chi connectivity index (χ2n) is 5.81. The van der Waals surface area contributed by atoms with Gasteiger partial charge >= 0.3 is 0 Å². The lowest BCUT2D eigenvalue weighted by atomic mass is 9.99. The smallest absolute Gasteiger partial charge is 0.216 e. The van der Waals surface area contributed by atoms with Crippen molar-refractivity contribution in [3.8, 4) is 0 Å². The van der Waals surface area contributed by atoms with E-state index < -0.39 is 10.0 Å². The second kappa shape index (κ2) is 6.24. The van der Waals surface area contributed by atoms with E-state index in [-0.39, 0.29) is 23.8 Å². The Balaban J connectivity index is 2.11. The van der Waals surface area contributed by atoms with Gasteiger partial charge in [-0.1, -0.05) is 44.2 Å². The average molecular weight is 296 g/mol. The summed E-state index contributed by atoms with van der Waals surface area (Å²) < 4.78 is 26.6. The van der Waals surface area contributed by atoms with Crippen molar-refractivity contribution in [3.63, 3.8) is 0 Å². The van der Waals surface area contributed by atoms with Gasteiger partial charge in [0, 0.05) is 6.54 Å². The Morgan fingerprint density at radius 1 is 1.35 bits per heavy atom. The first-order valence-corrected chi connectivity index (χ1v) is 8.83. The van der Waals surface area contributed by atoms with Crippen LogP contribution in [0.4, 0.5) is 0 Å². The molecule has 112 valence electrons. The number of nitrogens with two attached hydrogens (primary N) is 1. The number of hydrogen-bond donors (Lipinski definition) is 1. The molecule has 1 heterocycles. The monoisotopic (exact) mass is 296 g/mol. The van der Waals surface area contributed by atoms with Gasteiger partial charge in [-0.25, -0.2) is 8.42 Å². The summed E-state index contributed by atoms with van der Waals surface area (Å²) in [5.41, 5.74) is 7.12. The number of rotatable bonds is 4. The lowest BCUT2D eigenvalue weighted by Crippen LogP contribution is -2.53. The zero-order valence-electron chi connectivity index (χ0n) is 12.2. The summed E-state index contributed by atoms with van der Waals surface area (Å²) in [7, 11) is -3.30. The molecule has 0 saturated carbocycles. The predicted molar refractivity (Wildman–Crippen MR) is 81.7 cm³/mol. The highest BCUT2D eigenvalue weighted by Gasteiger charge is 2.34. The van der Waals surface area contributed by atoms with E-state index >= 15 is 0 Å². The molecule has 0 bridgehead atoms. The van der Waals surface area contributed by atoms with Crippen LogP contribution in [0.1, 0.15) is 38.2 Å². The van der Waals surface area contributed by atoms with Crippen LogP contribution in [0.5, 0.6) is 0 Å². The molecule has 1 aromatic carbocycles. The SMILES string of the molecule is CC(CS(=O)(=O)N1CCCC(C)C1N)c1ccccc1. The molecule has 3 atom stereocenters. The first kappa shape index (κ1) is 15.5. The molecule has 1 aromatic rings. The van der Waals surface area contributed by atoms with Gasteiger partial charge < -0.3 is 5.73 Å². The summed E-state index contributed by atoms with van der Waals surface area (Å²) in [6, 6.07) is 9.76. The molecule has 5 heteroatoms. The Kier molecular flexibility index (Phi) is 4.83. The quantitative estimate of drug-likeness (QED) is 0.926. The number of nitrogens with zero attached hydrogens (tertiary/aromatic N) is 1. The number of sulfonamides is 1. The van der Waals surface area contributed by atoms with Crippen molar-refractivity contribution in [3.05, 3.63) is 35.9 Å². The van der Waals surface area contributed by atoms with Crippen molar-refractivity contribution in [2.75, 3.05) is 12.3 Å². The van der Waals surface area contributed by atoms with E-state index in [9.17, 15) is 8.42 Å². The molecular formula is C15H24N2O2S. The molecule has 2 N–H and O–H groups in total. The highest BCUT2D eigenvalue weighted by atomic mass is 32.2. The third kappa shape index (κ3) is 3.40. The van der Waals surface area contributed by atoms with Crippen molar-refractivity contribution >= 4 is 10.0 Å². The van der Waals surface area contributed by atoms with Crippen molar-refractivity contribution in [2.24, 2.45) is 11.7 Å². The molecular weight excluding hydrogens is 272 g/mol. The average Bonchev–Trinajstić information content (AvgIpc) is 2.42. The Morgan fingerprint density at radius 2 is 2.00 bits per heavy atom. The third-order valence-electron chi connectivity index (χ3n) is 4.14. The second-order valence-corrected chi connectivity index (χ2v) is 7.78. The third-order valence-corrected chi connectivity index (χ3v) is 6.20. The summed E-state index contributed by atoms with van der Waals surface area (Å²) in [4.78, 5) is 0. The topological polar surface area (TPSA) is 63.4 Å². The van der Waals surface area contributed by atoms with Crippen LogP contribution in [0.2, 0.25) is 0 Å². The maximum absolute atomic E-state index is 12.6. The van der Waals surface area contributed by atoms with Gasteiger partial charge in [-0.2, -0.15) is 4.31 Å². The van der Waals surface area contributed by atoms with Gasteiger partial charge in [-0.05, 0) is 30.2 Å². The van der Waals surface area contributed by atoms with Crippen LogP contribution < -0.4 is 5.73 Å². The maximum Gasteiger partial charge on any atom is 0.216 e. The summed E-state index contributed by atoms with van der Waals surface area (Å²) in [5.74, 6) is 0.327. The summed E-state index contributed by atoms with van der Waals surface area (Å²) in [6.07, 6.45) is 1.52. The molecule has 3 unspecified atom stereocenters. The molecule has 1 aliphatic rings. The van der Waals surface area contributed by atoms with Gasteiger partial charge in [0.2, 0.25) is 10.0 Å². The predicted octanol–water partition coefficient (Wildman–Crippen LogP) is 2.14. The van der Waals surface area contributed by atoms with Gasteiger partial charge in [-0.15, -0.1) is 0 Å². The van der Waals surface area contributed by atoms with Crippen molar-refractivity contribution in [1.82, 2.24) is 4.31 Å². The molecule has 0 amide bonds. The van der Waals surface area contributed by atoms with E-state index in [1.54, 1.807) is 0 Å². The molecule has 4 nitrogen and oxygen atoms in total. The largest absolute Gasteiger partial charge is 0.315 e. The highest BCUT2D eigenvalue weighted by Crippen LogP contribution is 2.25. The molecule has 1 aliphatic heterocycles. The van der Waals surface area contributed by atoms with Crippen molar-refractivity contribution < 1.29 is 8.42 Å². The fourth-order valence-electron chi connectivity index (χ4n) is 2.79. The number of piperidine rings is 1. The van der Waals surface area contributed by atoms with Gasteiger partial charge in [0.15, 0.2) is 0 Å². The van der Waals surface area contributed by atoms with Gasteiger partial charge in [-0.3, -0.25) is 0 Å². The van der Waals surface area contributed by atoms with Gasteiger partial charge in [0.05, 0.1) is 11.9 Å². The number of benzene rings is 1. The summed E-state index contributed by atoms with van der Waals surface area (Å²) in [5, 5.41) is 0. The minimum Gasteiger partial charge on any atom is -0.315 e. The number of hydrogen-bond acceptors (Lipinski definition) is 3. The summed E-state index contributed by atoms with van der Waals surface area (Å²) >= 11 is 0. The molecule has 0 radical (unpaired) electrons. The minimum absolute atomic E-state index is 0.0226. The van der Waals surface area contributed by atoms with E-state index in [1.165, 1.54) is 4.31 Å². The van der Waals surface area contributed by atoms with E-state index in [0.717, 1.165) is 18.4 Å². The molecule has 0 aliphatic carbocycles. The maximum atomic E-state index is 12.6. The van der Waals surface area contributed by atoms with Crippen LogP contribution in [-0.2, 0) is 10.0 Å². The van der Waals surface area contributed by atoms with Crippen molar-refractivity contribution in [2.45, 2.75) is 38.8 Å². The zero-order chi connectivity index (χ0) is 14.8. The van der Waals surface area contributed by atoms with Crippen LogP contribution >= 0.6 is 0 Å². The minimum atomic E-state index is -3.30. The molecule has 1 saturated heterocycles. The van der Waals surface area contributed by atoms with Crippen molar-refractivity contribution in [1.29, 1.82) is 0 Å². The first-order valence-electron chi connectivity index (χ1n) is 7.22. The summed E-state index contributed by atoms with van der Waals surface area (Å²) in [6.45, 7) is 4.52. The van der Waals surface area contributed by atoms with E-state index in [0.29, 0.717) is 6.54 Å².